The summed E-state index contributed by atoms with van der Waals surface area (Å²) in [5, 5.41) is 20.1. The monoisotopic (exact) mass is 779 g/mol. The number of Topliss-reactive ketones (excluding diaryl/α,β-unsaturated/α-hetero) is 1. The van der Waals surface area contributed by atoms with E-state index in [0.717, 1.165) is 74.5 Å². The van der Waals surface area contributed by atoms with Crippen LogP contribution in [0.15, 0.2) is 94.3 Å². The number of fused-ring (bicyclic) bond motifs is 5. The molecule has 2 fully saturated rings. The molecule has 8 rings (SSSR count). The van der Waals surface area contributed by atoms with Crippen molar-refractivity contribution in [2.24, 2.45) is 17.3 Å². The summed E-state index contributed by atoms with van der Waals surface area (Å²) in [5.41, 5.74) is 6.58. The van der Waals surface area contributed by atoms with Crippen molar-refractivity contribution in [2.75, 3.05) is 18.5 Å². The van der Waals surface area contributed by atoms with E-state index < -0.39 is 11.4 Å². The van der Waals surface area contributed by atoms with Crippen LogP contribution in [0.5, 0.6) is 0 Å². The van der Waals surface area contributed by atoms with Crippen molar-refractivity contribution in [3.8, 4) is 11.8 Å². The molecular weight excluding hydrogens is 726 g/mol. The lowest BCUT2D eigenvalue weighted by Gasteiger charge is -2.53. The summed E-state index contributed by atoms with van der Waals surface area (Å²) in [4.78, 5) is 40.1. The van der Waals surface area contributed by atoms with Gasteiger partial charge in [-0.1, -0.05) is 67.7 Å². The molecule has 1 aromatic heterocycles. The van der Waals surface area contributed by atoms with Gasteiger partial charge in [0, 0.05) is 55.3 Å². The first-order valence-corrected chi connectivity index (χ1v) is 21.2. The highest BCUT2D eigenvalue weighted by atomic mass is 19.1. The number of ketones is 2. The molecule has 0 amide bonds. The van der Waals surface area contributed by atoms with Gasteiger partial charge in [-0.05, 0) is 129 Å². The Morgan fingerprint density at radius 2 is 1.76 bits per heavy atom. The van der Waals surface area contributed by atoms with Crippen molar-refractivity contribution in [3.05, 3.63) is 128 Å². The Hall–Kier alpha value is -5.13. The highest BCUT2D eigenvalue weighted by molar-refractivity contribution is 5.96. The van der Waals surface area contributed by atoms with Crippen LogP contribution < -0.4 is 10.5 Å². The van der Waals surface area contributed by atoms with Crippen molar-refractivity contribution in [1.82, 2.24) is 10.2 Å². The van der Waals surface area contributed by atoms with E-state index in [2.05, 4.69) is 65.2 Å². The van der Waals surface area contributed by atoms with Crippen LogP contribution in [-0.4, -0.2) is 46.1 Å². The van der Waals surface area contributed by atoms with E-state index in [9.17, 15) is 23.9 Å². The SMILES string of the molecule is CC#C[C@]1(O)CC[C@H]2[C@@H]3CCC4=CC(=O)CCC4=C3[C@@H](c3ccc(N(C)CCCCCCC(=O)c4cc(Cc5n[nH]c(=O)c6ccccc56)ccc4F)cc3)C[C@@]21C. The van der Waals surface area contributed by atoms with Gasteiger partial charge in [0.2, 0.25) is 0 Å². The highest BCUT2D eigenvalue weighted by Gasteiger charge is 2.62. The Bertz CT molecular complexity index is 2440. The van der Waals surface area contributed by atoms with Gasteiger partial charge in [0.1, 0.15) is 11.4 Å². The molecule has 7 nitrogen and oxygen atoms in total. The number of carbonyl (C=O) groups excluding carboxylic acids is 2. The van der Waals surface area contributed by atoms with Crippen molar-refractivity contribution in [3.63, 3.8) is 0 Å². The molecule has 3 aromatic carbocycles. The minimum absolute atomic E-state index is 0.104. The largest absolute Gasteiger partial charge is 0.377 e. The van der Waals surface area contributed by atoms with Crippen LogP contribution in [0, 0.1) is 34.9 Å². The number of aromatic nitrogens is 2. The van der Waals surface area contributed by atoms with Crippen LogP contribution in [-0.2, 0) is 11.2 Å². The average Bonchev–Trinajstić information content (AvgIpc) is 3.49. The number of aliphatic hydroxyl groups is 1. The third kappa shape index (κ3) is 7.39. The zero-order valence-corrected chi connectivity index (χ0v) is 34.0. The standard InChI is InChI=1S/C50H54FN3O4/c1-4-25-50(58)26-24-43-40-21-17-34-30-36(55)20-22-37(34)47(40)42(31-49(43,50)2)33-15-18-35(19-16-33)54(3)27-10-6-5-7-13-46(56)41-28-32(14-23-44(41)51)29-45-38-11-8-9-12-39(38)48(57)53-52-45/h8-9,11-12,14-16,18-19,23,28,30,40,42-43,58H,5-7,10,13,17,20-22,24,26-27,29,31H2,1-3H3,(H,53,57)/t40-,42+,43-,49-,50-/m0/s1. The number of hydrogen-bond acceptors (Lipinski definition) is 6. The van der Waals surface area contributed by atoms with E-state index in [4.69, 9.17) is 0 Å². The fourth-order valence-electron chi connectivity index (χ4n) is 11.0. The summed E-state index contributed by atoms with van der Waals surface area (Å²) < 4.78 is 14.8. The number of nitrogens with one attached hydrogen (secondary N) is 1. The van der Waals surface area contributed by atoms with Crippen LogP contribution in [0.2, 0.25) is 0 Å². The molecule has 0 radical (unpaired) electrons. The molecule has 2 saturated carbocycles. The summed E-state index contributed by atoms with van der Waals surface area (Å²) in [6.45, 7) is 4.99. The predicted molar refractivity (Wildman–Crippen MR) is 227 cm³/mol. The van der Waals surface area contributed by atoms with Gasteiger partial charge in [-0.25, -0.2) is 9.49 Å². The summed E-state index contributed by atoms with van der Waals surface area (Å²) in [5.74, 6) is 6.80. The second-order valence-corrected chi connectivity index (χ2v) is 17.4. The molecule has 300 valence electrons. The first-order chi connectivity index (χ1) is 28.0. The molecule has 1 heterocycles. The minimum atomic E-state index is -0.991. The highest BCUT2D eigenvalue weighted by Crippen LogP contribution is 2.66. The van der Waals surface area contributed by atoms with Crippen molar-refractivity contribution in [2.45, 2.75) is 109 Å². The fourth-order valence-corrected chi connectivity index (χ4v) is 11.0. The van der Waals surface area contributed by atoms with Crippen LogP contribution in [0.4, 0.5) is 10.1 Å². The van der Waals surface area contributed by atoms with Gasteiger partial charge in [0.05, 0.1) is 16.6 Å². The number of benzene rings is 3. The summed E-state index contributed by atoms with van der Waals surface area (Å²) in [6, 6.07) is 20.9. The minimum Gasteiger partial charge on any atom is -0.377 e. The van der Waals surface area contributed by atoms with Gasteiger partial charge in [0.15, 0.2) is 11.6 Å². The van der Waals surface area contributed by atoms with E-state index in [0.29, 0.717) is 48.6 Å². The Balaban J connectivity index is 0.873. The zero-order valence-electron chi connectivity index (χ0n) is 34.0. The predicted octanol–water partition coefficient (Wildman–Crippen LogP) is 9.58. The Labute approximate surface area is 340 Å². The van der Waals surface area contributed by atoms with Crippen LogP contribution in [0.25, 0.3) is 10.8 Å². The lowest BCUT2D eigenvalue weighted by atomic mass is 9.51. The Morgan fingerprint density at radius 3 is 2.55 bits per heavy atom. The smallest absolute Gasteiger partial charge is 0.272 e. The molecule has 0 saturated heterocycles. The molecule has 8 heteroatoms. The maximum Gasteiger partial charge on any atom is 0.272 e. The molecule has 5 atom stereocenters. The number of rotatable bonds is 12. The molecule has 4 aliphatic carbocycles. The normalized spacial score (nSPS) is 25.0. The molecule has 4 aliphatic rings. The quantitative estimate of drug-likeness (QED) is 0.0844. The first-order valence-electron chi connectivity index (χ1n) is 21.2. The molecule has 0 unspecified atom stereocenters. The van der Waals surface area contributed by atoms with E-state index in [-0.39, 0.29) is 40.4 Å². The summed E-state index contributed by atoms with van der Waals surface area (Å²) in [7, 11) is 2.12. The maximum atomic E-state index is 14.8. The molecule has 4 aromatic rings. The van der Waals surface area contributed by atoms with Gasteiger partial charge < -0.3 is 10.0 Å². The molecule has 0 spiro atoms. The number of carbonyl (C=O) groups is 2. The molecule has 2 N–H and O–H groups in total. The number of anilines is 1. The second-order valence-electron chi connectivity index (χ2n) is 17.4. The number of allylic oxidation sites excluding steroid dienone is 4. The van der Waals surface area contributed by atoms with Gasteiger partial charge in [0.25, 0.3) is 5.56 Å². The van der Waals surface area contributed by atoms with Crippen LogP contribution >= 0.6 is 0 Å². The topological polar surface area (TPSA) is 103 Å². The van der Waals surface area contributed by atoms with Gasteiger partial charge in [-0.2, -0.15) is 5.10 Å². The van der Waals surface area contributed by atoms with Gasteiger partial charge >= 0.3 is 0 Å². The number of hydrogen-bond donors (Lipinski definition) is 2. The fraction of sp³-hybridized carbons (Fsp3) is 0.440. The van der Waals surface area contributed by atoms with E-state index in [1.165, 1.54) is 28.3 Å². The Kier molecular flexibility index (Phi) is 11.1. The average molecular weight is 780 g/mol. The van der Waals surface area contributed by atoms with E-state index >= 15 is 0 Å². The van der Waals surface area contributed by atoms with Crippen molar-refractivity contribution >= 4 is 28.0 Å². The van der Waals surface area contributed by atoms with Gasteiger partial charge in [-0.15, -0.1) is 5.92 Å². The molecule has 58 heavy (non-hydrogen) atoms. The lowest BCUT2D eigenvalue weighted by Crippen LogP contribution is -2.51. The lowest BCUT2D eigenvalue weighted by molar-refractivity contribution is -0.114. The third-order valence-corrected chi connectivity index (χ3v) is 14.1. The second kappa shape index (κ2) is 16.3. The Morgan fingerprint density at radius 1 is 0.983 bits per heavy atom. The number of H-pyrrole nitrogens is 1. The number of halogens is 1. The number of nitrogens with zero attached hydrogens (tertiary/aromatic N) is 2. The molecule has 0 aliphatic heterocycles. The van der Waals surface area contributed by atoms with E-state index in [1.54, 1.807) is 24.3 Å². The number of aromatic amines is 1. The summed E-state index contributed by atoms with van der Waals surface area (Å²) in [6.07, 6.45) is 12.0. The third-order valence-electron chi connectivity index (χ3n) is 14.1. The molecule has 0 bridgehead atoms. The molecular formula is C50H54FN3O4. The van der Waals surface area contributed by atoms with E-state index in [1.807, 2.05) is 25.1 Å². The first kappa shape index (κ1) is 39.7. The van der Waals surface area contributed by atoms with Crippen LogP contribution in [0.1, 0.15) is 124 Å². The maximum absolute atomic E-state index is 14.8. The van der Waals surface area contributed by atoms with Crippen LogP contribution in [0.3, 0.4) is 0 Å². The number of unbranched alkanes of at least 4 members (excludes halogenated alkanes) is 3. The zero-order chi connectivity index (χ0) is 40.6. The van der Waals surface area contributed by atoms with Crippen molar-refractivity contribution in [1.29, 1.82) is 0 Å². The van der Waals surface area contributed by atoms with Crippen molar-refractivity contribution < 1.29 is 19.1 Å². The summed E-state index contributed by atoms with van der Waals surface area (Å²) >= 11 is 0. The van der Waals surface area contributed by atoms with Gasteiger partial charge in [-0.3, -0.25) is 14.4 Å².